The number of carboxylic acids is 1. The van der Waals surface area contributed by atoms with Crippen molar-refractivity contribution in [3.63, 3.8) is 0 Å². The predicted molar refractivity (Wildman–Crippen MR) is 131 cm³/mol. The Labute approximate surface area is 205 Å². The van der Waals surface area contributed by atoms with Crippen molar-refractivity contribution in [1.29, 1.82) is 0 Å². The number of benzene rings is 2. The van der Waals surface area contributed by atoms with E-state index in [1.165, 1.54) is 4.90 Å². The molecule has 184 valence electrons. The Balaban J connectivity index is 1.20. The van der Waals surface area contributed by atoms with Gasteiger partial charge in [-0.25, -0.2) is 9.59 Å². The van der Waals surface area contributed by atoms with Crippen LogP contribution in [0.4, 0.5) is 4.79 Å². The molecule has 2 aromatic rings. The first-order chi connectivity index (χ1) is 16.7. The average Bonchev–Trinajstić information content (AvgIpc) is 3.48. The van der Waals surface area contributed by atoms with Crippen LogP contribution in [0.15, 0.2) is 48.5 Å². The largest absolute Gasteiger partial charge is 0.480 e. The molecule has 0 spiro atoms. The molecule has 2 N–H and O–H groups in total. The number of hydrogen-bond acceptors (Lipinski definition) is 4. The lowest BCUT2D eigenvalue weighted by Gasteiger charge is -2.30. The molecule has 7 nitrogen and oxygen atoms in total. The molecule has 2 amide bonds. The number of likely N-dealkylation sites (tertiary alicyclic amines) is 1. The summed E-state index contributed by atoms with van der Waals surface area (Å²) in [5.74, 6) is -0.920. The number of rotatable bonds is 6. The number of nitrogens with one attached hydrogen (secondary N) is 1. The zero-order valence-corrected chi connectivity index (χ0v) is 20.2. The van der Waals surface area contributed by atoms with Gasteiger partial charge < -0.3 is 20.1 Å². The minimum Gasteiger partial charge on any atom is -0.480 e. The van der Waals surface area contributed by atoms with Gasteiger partial charge in [-0.3, -0.25) is 4.79 Å². The van der Waals surface area contributed by atoms with E-state index >= 15 is 0 Å². The van der Waals surface area contributed by atoms with Gasteiger partial charge in [-0.05, 0) is 60.8 Å². The summed E-state index contributed by atoms with van der Waals surface area (Å²) in [5, 5.41) is 12.6. The molecule has 3 atom stereocenters. The molecule has 0 radical (unpaired) electrons. The van der Waals surface area contributed by atoms with Gasteiger partial charge in [-0.1, -0.05) is 55.0 Å². The minimum atomic E-state index is -0.935. The van der Waals surface area contributed by atoms with E-state index in [0.717, 1.165) is 41.5 Å². The van der Waals surface area contributed by atoms with E-state index in [1.54, 1.807) is 13.8 Å². The number of aliphatic carboxylic acids is 1. The van der Waals surface area contributed by atoms with E-state index in [0.29, 0.717) is 6.54 Å². The lowest BCUT2D eigenvalue weighted by atomic mass is 9.94. The van der Waals surface area contributed by atoms with Gasteiger partial charge in [0.15, 0.2) is 0 Å². The fraction of sp³-hybridized carbons (Fsp3) is 0.464. The molecule has 2 aromatic carbocycles. The van der Waals surface area contributed by atoms with Gasteiger partial charge in [0.05, 0.1) is 0 Å². The quantitative estimate of drug-likeness (QED) is 0.644. The van der Waals surface area contributed by atoms with Crippen LogP contribution >= 0.6 is 0 Å². The second-order valence-electron chi connectivity index (χ2n) is 10.7. The Morgan fingerprint density at radius 1 is 1.03 bits per heavy atom. The van der Waals surface area contributed by atoms with Crippen molar-refractivity contribution < 1.29 is 24.2 Å². The van der Waals surface area contributed by atoms with Crippen LogP contribution in [0.2, 0.25) is 0 Å². The van der Waals surface area contributed by atoms with Crippen LogP contribution in [0.25, 0.3) is 11.1 Å². The number of nitrogens with zero attached hydrogens (tertiary/aromatic N) is 1. The Bertz CT molecular complexity index is 1110. The molecule has 1 saturated carbocycles. The molecular weight excluding hydrogens is 444 g/mol. The van der Waals surface area contributed by atoms with Crippen LogP contribution in [0.1, 0.15) is 56.6 Å². The molecule has 3 aliphatic rings. The number of hydrogen-bond donors (Lipinski definition) is 2. The summed E-state index contributed by atoms with van der Waals surface area (Å²) in [6, 6.07) is 15.5. The number of carboxylic acid groups (broad SMARTS) is 1. The maximum atomic E-state index is 13.1. The maximum Gasteiger partial charge on any atom is 0.407 e. The van der Waals surface area contributed by atoms with E-state index in [1.807, 2.05) is 24.3 Å². The van der Waals surface area contributed by atoms with Crippen LogP contribution in [-0.2, 0) is 14.3 Å². The molecule has 5 rings (SSSR count). The van der Waals surface area contributed by atoms with Crippen molar-refractivity contribution in [2.24, 2.45) is 11.8 Å². The number of carbonyl (C=O) groups is 3. The summed E-state index contributed by atoms with van der Waals surface area (Å²) in [6.45, 7) is 4.21. The summed E-state index contributed by atoms with van der Waals surface area (Å²) in [7, 11) is 0. The summed E-state index contributed by atoms with van der Waals surface area (Å²) in [5.41, 5.74) is 3.71. The molecule has 1 aliphatic heterocycles. The van der Waals surface area contributed by atoms with Crippen LogP contribution in [0, 0.1) is 11.8 Å². The highest BCUT2D eigenvalue weighted by molar-refractivity contribution is 5.86. The second kappa shape index (κ2) is 9.02. The molecule has 0 bridgehead atoms. The third kappa shape index (κ3) is 4.40. The summed E-state index contributed by atoms with van der Waals surface area (Å²) in [4.78, 5) is 39.2. The molecule has 35 heavy (non-hydrogen) atoms. The van der Waals surface area contributed by atoms with Crippen molar-refractivity contribution in [2.75, 3.05) is 13.2 Å². The predicted octanol–water partition coefficient (Wildman–Crippen LogP) is 4.41. The fourth-order valence-electron chi connectivity index (χ4n) is 6.31. The molecule has 2 aliphatic carbocycles. The normalized spacial score (nSPS) is 22.9. The van der Waals surface area contributed by atoms with Gasteiger partial charge in [-0.15, -0.1) is 0 Å². The van der Waals surface area contributed by atoms with Crippen molar-refractivity contribution in [3.05, 3.63) is 59.7 Å². The maximum absolute atomic E-state index is 13.1. The first kappa shape index (κ1) is 23.4. The number of fused-ring (bicyclic) bond motifs is 4. The summed E-state index contributed by atoms with van der Waals surface area (Å²) >= 11 is 0. The van der Waals surface area contributed by atoms with Gasteiger partial charge >= 0.3 is 12.1 Å². The lowest BCUT2D eigenvalue weighted by molar-refractivity contribution is -0.150. The van der Waals surface area contributed by atoms with Gasteiger partial charge in [0, 0.05) is 24.4 Å². The average molecular weight is 477 g/mol. The lowest BCUT2D eigenvalue weighted by Crippen LogP contribution is -2.50. The standard InChI is InChI=1S/C28H32N2O5/c1-28(2,14-24(31)30-15-17-8-7-13-18(17)25(30)26(32)33)29-27(34)35-16-23-21-11-5-3-9-19(21)20-10-4-6-12-22(20)23/h3-6,9-12,17-18,23,25H,7-8,13-16H2,1-2H3,(H,29,34)(H,32,33). The third-order valence-corrected chi connectivity index (χ3v) is 7.84. The second-order valence-corrected chi connectivity index (χ2v) is 10.7. The highest BCUT2D eigenvalue weighted by atomic mass is 16.5. The van der Waals surface area contributed by atoms with E-state index in [2.05, 4.69) is 29.6 Å². The van der Waals surface area contributed by atoms with Crippen molar-refractivity contribution in [3.8, 4) is 11.1 Å². The monoisotopic (exact) mass is 476 g/mol. The Kier molecular flexibility index (Phi) is 6.03. The SMILES string of the molecule is CC(C)(CC(=O)N1CC2CCCC2C1C(=O)O)NC(=O)OCC1c2ccccc2-c2ccccc21. The first-order valence-electron chi connectivity index (χ1n) is 12.4. The first-order valence-corrected chi connectivity index (χ1v) is 12.4. The third-order valence-electron chi connectivity index (χ3n) is 7.84. The molecule has 7 heteroatoms. The van der Waals surface area contributed by atoms with E-state index in [4.69, 9.17) is 4.74 Å². The van der Waals surface area contributed by atoms with Crippen LogP contribution in [-0.4, -0.2) is 52.7 Å². The number of alkyl carbamates (subject to hydrolysis) is 1. The Morgan fingerprint density at radius 3 is 2.29 bits per heavy atom. The van der Waals surface area contributed by atoms with E-state index in [-0.39, 0.29) is 36.7 Å². The number of amides is 2. The Morgan fingerprint density at radius 2 is 1.66 bits per heavy atom. The highest BCUT2D eigenvalue weighted by Crippen LogP contribution is 2.45. The smallest absolute Gasteiger partial charge is 0.407 e. The van der Waals surface area contributed by atoms with Gasteiger partial charge in [0.2, 0.25) is 5.91 Å². The number of ether oxygens (including phenoxy) is 1. The van der Waals surface area contributed by atoms with Crippen LogP contribution in [0.3, 0.4) is 0 Å². The van der Waals surface area contributed by atoms with Crippen molar-refractivity contribution in [2.45, 2.75) is 57.0 Å². The van der Waals surface area contributed by atoms with Gasteiger partial charge in [-0.2, -0.15) is 0 Å². The summed E-state index contributed by atoms with van der Waals surface area (Å²) < 4.78 is 5.63. The van der Waals surface area contributed by atoms with E-state index < -0.39 is 23.6 Å². The topological polar surface area (TPSA) is 95.9 Å². The summed E-state index contributed by atoms with van der Waals surface area (Å²) in [6.07, 6.45) is 2.28. The highest BCUT2D eigenvalue weighted by Gasteiger charge is 2.50. The van der Waals surface area contributed by atoms with E-state index in [9.17, 15) is 19.5 Å². The van der Waals surface area contributed by atoms with Crippen molar-refractivity contribution >= 4 is 18.0 Å². The zero-order chi connectivity index (χ0) is 24.7. The van der Waals surface area contributed by atoms with Crippen LogP contribution < -0.4 is 5.32 Å². The Hall–Kier alpha value is -3.35. The molecule has 0 aromatic heterocycles. The fourth-order valence-corrected chi connectivity index (χ4v) is 6.31. The molecule has 2 fully saturated rings. The van der Waals surface area contributed by atoms with Crippen LogP contribution in [0.5, 0.6) is 0 Å². The minimum absolute atomic E-state index is 0.0143. The molecule has 1 saturated heterocycles. The number of carbonyl (C=O) groups excluding carboxylic acids is 2. The molecule has 1 heterocycles. The van der Waals surface area contributed by atoms with Gasteiger partial charge in [0.25, 0.3) is 0 Å². The zero-order valence-electron chi connectivity index (χ0n) is 20.2. The van der Waals surface area contributed by atoms with Gasteiger partial charge in [0.1, 0.15) is 12.6 Å². The van der Waals surface area contributed by atoms with Crippen molar-refractivity contribution in [1.82, 2.24) is 10.2 Å². The molecular formula is C28H32N2O5. The molecule has 3 unspecified atom stereocenters.